The first-order valence-electron chi connectivity index (χ1n) is 4.80. The van der Waals surface area contributed by atoms with Crippen LogP contribution in [0.4, 0.5) is 0 Å². The molecular weight excluding hydrogens is 170 g/mol. The minimum absolute atomic E-state index is 1.27. The highest BCUT2D eigenvalue weighted by atomic mass is 14.8. The Morgan fingerprint density at radius 1 is 0.929 bits per heavy atom. The van der Waals surface area contributed by atoms with Crippen molar-refractivity contribution in [2.45, 2.75) is 6.92 Å². The van der Waals surface area contributed by atoms with Gasteiger partial charge in [0.15, 0.2) is 0 Å². The van der Waals surface area contributed by atoms with Gasteiger partial charge in [0.05, 0.1) is 0 Å². The SMILES string of the molecule is Cc1cc2cc3ccccc3cn2c1. The Morgan fingerprint density at radius 2 is 1.71 bits per heavy atom. The van der Waals surface area contributed by atoms with E-state index < -0.39 is 0 Å². The smallest absolute Gasteiger partial charge is 0.0459 e. The quantitative estimate of drug-likeness (QED) is 0.500. The average Bonchev–Trinajstić information content (AvgIpc) is 2.53. The van der Waals surface area contributed by atoms with Crippen LogP contribution < -0.4 is 0 Å². The molecule has 0 aliphatic rings. The number of rotatable bonds is 0. The molecule has 0 amide bonds. The first kappa shape index (κ1) is 7.63. The van der Waals surface area contributed by atoms with Gasteiger partial charge in [0.1, 0.15) is 0 Å². The number of fused-ring (bicyclic) bond motifs is 2. The molecule has 0 aliphatic carbocycles. The van der Waals surface area contributed by atoms with E-state index in [1.807, 2.05) is 0 Å². The minimum Gasteiger partial charge on any atom is -0.323 e. The zero-order chi connectivity index (χ0) is 9.54. The molecule has 0 spiro atoms. The number of hydrogen-bond donors (Lipinski definition) is 0. The second kappa shape index (κ2) is 2.61. The van der Waals surface area contributed by atoms with Gasteiger partial charge in [-0.05, 0) is 35.4 Å². The summed E-state index contributed by atoms with van der Waals surface area (Å²) in [6.07, 6.45) is 4.33. The summed E-state index contributed by atoms with van der Waals surface area (Å²) in [4.78, 5) is 0. The molecule has 1 nitrogen and oxygen atoms in total. The molecule has 0 fully saturated rings. The Balaban J connectivity index is 2.51. The van der Waals surface area contributed by atoms with Crippen molar-refractivity contribution in [3.05, 3.63) is 54.4 Å². The van der Waals surface area contributed by atoms with Crippen molar-refractivity contribution >= 4 is 16.3 Å². The van der Waals surface area contributed by atoms with Gasteiger partial charge in [-0.3, -0.25) is 0 Å². The molecule has 14 heavy (non-hydrogen) atoms. The molecule has 3 rings (SSSR count). The van der Waals surface area contributed by atoms with Crippen molar-refractivity contribution < 1.29 is 0 Å². The molecule has 0 bridgehead atoms. The van der Waals surface area contributed by atoms with Crippen LogP contribution in [0.25, 0.3) is 16.3 Å². The highest BCUT2D eigenvalue weighted by Gasteiger charge is 1.97. The summed E-state index contributed by atoms with van der Waals surface area (Å²) in [6.45, 7) is 2.12. The Morgan fingerprint density at radius 3 is 2.57 bits per heavy atom. The first-order valence-corrected chi connectivity index (χ1v) is 4.80. The van der Waals surface area contributed by atoms with E-state index in [9.17, 15) is 0 Å². The maximum Gasteiger partial charge on any atom is 0.0459 e. The molecule has 3 aromatic rings. The van der Waals surface area contributed by atoms with E-state index in [-0.39, 0.29) is 0 Å². The number of aryl methyl sites for hydroxylation is 1. The molecule has 0 unspecified atom stereocenters. The van der Waals surface area contributed by atoms with Crippen LogP contribution in [0.2, 0.25) is 0 Å². The molecule has 68 valence electrons. The lowest BCUT2D eigenvalue weighted by Crippen LogP contribution is -1.81. The number of benzene rings is 1. The number of aromatic nitrogens is 1. The summed E-state index contributed by atoms with van der Waals surface area (Å²) in [7, 11) is 0. The van der Waals surface area contributed by atoms with Crippen LogP contribution in [0.1, 0.15) is 5.56 Å². The number of hydrogen-bond acceptors (Lipinski definition) is 0. The Hall–Kier alpha value is -1.76. The maximum atomic E-state index is 2.22. The summed E-state index contributed by atoms with van der Waals surface area (Å²) < 4.78 is 2.18. The summed E-state index contributed by atoms with van der Waals surface area (Å²) in [5.41, 5.74) is 2.57. The van der Waals surface area contributed by atoms with Crippen LogP contribution in [0.15, 0.2) is 48.8 Å². The molecule has 2 heterocycles. The maximum absolute atomic E-state index is 2.22. The molecule has 1 aromatic carbocycles. The molecule has 0 saturated carbocycles. The molecule has 0 N–H and O–H groups in total. The molecule has 0 radical (unpaired) electrons. The second-order valence-corrected chi connectivity index (χ2v) is 3.75. The normalized spacial score (nSPS) is 11.2. The highest BCUT2D eigenvalue weighted by Crippen LogP contribution is 2.18. The van der Waals surface area contributed by atoms with Gasteiger partial charge in [-0.1, -0.05) is 24.3 Å². The first-order chi connectivity index (χ1) is 6.83. The monoisotopic (exact) mass is 181 g/mol. The highest BCUT2D eigenvalue weighted by molar-refractivity contribution is 5.85. The van der Waals surface area contributed by atoms with E-state index in [0.29, 0.717) is 0 Å². The van der Waals surface area contributed by atoms with Crippen LogP contribution >= 0.6 is 0 Å². The van der Waals surface area contributed by atoms with Crippen molar-refractivity contribution in [1.29, 1.82) is 0 Å². The van der Waals surface area contributed by atoms with E-state index in [4.69, 9.17) is 0 Å². The zero-order valence-corrected chi connectivity index (χ0v) is 8.07. The van der Waals surface area contributed by atoms with Crippen LogP contribution in [-0.2, 0) is 0 Å². The van der Waals surface area contributed by atoms with E-state index >= 15 is 0 Å². The largest absolute Gasteiger partial charge is 0.323 e. The third-order valence-electron chi connectivity index (χ3n) is 2.59. The third-order valence-corrected chi connectivity index (χ3v) is 2.59. The lowest BCUT2D eigenvalue weighted by Gasteiger charge is -1.99. The van der Waals surface area contributed by atoms with Gasteiger partial charge >= 0.3 is 0 Å². The van der Waals surface area contributed by atoms with Crippen molar-refractivity contribution in [2.24, 2.45) is 0 Å². The minimum atomic E-state index is 1.27. The summed E-state index contributed by atoms with van der Waals surface area (Å²) in [5, 5.41) is 2.59. The van der Waals surface area contributed by atoms with Gasteiger partial charge < -0.3 is 4.40 Å². The Labute approximate surface area is 82.6 Å². The fraction of sp³-hybridized carbons (Fsp3) is 0.0769. The van der Waals surface area contributed by atoms with Gasteiger partial charge in [0.25, 0.3) is 0 Å². The summed E-state index contributed by atoms with van der Waals surface area (Å²) in [5.74, 6) is 0. The van der Waals surface area contributed by atoms with E-state index in [1.54, 1.807) is 0 Å². The van der Waals surface area contributed by atoms with Gasteiger partial charge in [-0.25, -0.2) is 0 Å². The van der Waals surface area contributed by atoms with Crippen LogP contribution in [0, 0.1) is 6.92 Å². The third kappa shape index (κ3) is 1.02. The van der Waals surface area contributed by atoms with E-state index in [2.05, 4.69) is 60.1 Å². The van der Waals surface area contributed by atoms with Crippen molar-refractivity contribution in [3.63, 3.8) is 0 Å². The lowest BCUT2D eigenvalue weighted by atomic mass is 10.2. The number of pyridine rings is 1. The summed E-state index contributed by atoms with van der Waals surface area (Å²) >= 11 is 0. The predicted molar refractivity (Wildman–Crippen MR) is 59.6 cm³/mol. The molecule has 2 aromatic heterocycles. The van der Waals surface area contributed by atoms with Gasteiger partial charge in [0, 0.05) is 17.9 Å². The zero-order valence-electron chi connectivity index (χ0n) is 8.07. The van der Waals surface area contributed by atoms with E-state index in [0.717, 1.165) is 0 Å². The van der Waals surface area contributed by atoms with Crippen molar-refractivity contribution in [2.75, 3.05) is 0 Å². The molecule has 1 heteroatoms. The lowest BCUT2D eigenvalue weighted by molar-refractivity contribution is 1.21. The van der Waals surface area contributed by atoms with Crippen LogP contribution in [0.3, 0.4) is 0 Å². The van der Waals surface area contributed by atoms with Crippen molar-refractivity contribution in [3.8, 4) is 0 Å². The fourth-order valence-electron chi connectivity index (χ4n) is 1.94. The fourth-order valence-corrected chi connectivity index (χ4v) is 1.94. The van der Waals surface area contributed by atoms with Crippen molar-refractivity contribution in [1.82, 2.24) is 4.40 Å². The predicted octanol–water partition coefficient (Wildman–Crippen LogP) is 3.40. The average molecular weight is 181 g/mol. The Bertz CT molecular complexity index is 552. The number of nitrogens with zero attached hydrogens (tertiary/aromatic N) is 1. The van der Waals surface area contributed by atoms with E-state index in [1.165, 1.54) is 21.9 Å². The molecule has 0 saturated heterocycles. The molecular formula is C13H11N. The molecule has 0 aliphatic heterocycles. The van der Waals surface area contributed by atoms with Crippen LogP contribution in [0.5, 0.6) is 0 Å². The van der Waals surface area contributed by atoms with Gasteiger partial charge in [0.2, 0.25) is 0 Å². The van der Waals surface area contributed by atoms with Gasteiger partial charge in [-0.2, -0.15) is 0 Å². The van der Waals surface area contributed by atoms with Gasteiger partial charge in [-0.15, -0.1) is 0 Å². The molecule has 0 atom stereocenters. The summed E-state index contributed by atoms with van der Waals surface area (Å²) in [6, 6.07) is 12.9. The Kier molecular flexibility index (Phi) is 1.42. The van der Waals surface area contributed by atoms with Crippen LogP contribution in [-0.4, -0.2) is 4.40 Å². The standard InChI is InChI=1S/C13H11N/c1-10-6-13-7-11-4-2-3-5-12(11)9-14(13)8-10/h2-9H,1H3. The second-order valence-electron chi connectivity index (χ2n) is 3.75. The topological polar surface area (TPSA) is 4.41 Å².